The van der Waals surface area contributed by atoms with Crippen LogP contribution in [-0.4, -0.2) is 18.7 Å². The molecule has 0 unspecified atom stereocenters. The highest BCUT2D eigenvalue weighted by Crippen LogP contribution is 2.19. The zero-order valence-electron chi connectivity index (χ0n) is 11.9. The van der Waals surface area contributed by atoms with Crippen molar-refractivity contribution in [3.05, 3.63) is 63.6 Å². The summed E-state index contributed by atoms with van der Waals surface area (Å²) in [4.78, 5) is 11.7. The smallest absolute Gasteiger partial charge is 0.259 e. The Hall–Kier alpha value is -2.04. The number of hydrazone groups is 1. The largest absolute Gasteiger partial charge is 0.376 e. The van der Waals surface area contributed by atoms with Gasteiger partial charge in [0.25, 0.3) is 5.91 Å². The summed E-state index contributed by atoms with van der Waals surface area (Å²) in [5.74, 6) is -0.248. The van der Waals surface area contributed by atoms with Crippen molar-refractivity contribution in [3.63, 3.8) is 0 Å². The van der Waals surface area contributed by atoms with Crippen LogP contribution < -0.4 is 10.7 Å². The molecule has 22 heavy (non-hydrogen) atoms. The number of anilines is 1. The number of benzene rings is 2. The second-order valence-electron chi connectivity index (χ2n) is 4.68. The normalized spacial score (nSPS) is 10.7. The highest BCUT2D eigenvalue weighted by atomic mass is 35.5. The molecule has 0 aliphatic rings. The molecule has 114 valence electrons. The fourth-order valence-corrected chi connectivity index (χ4v) is 2.13. The van der Waals surface area contributed by atoms with Crippen molar-refractivity contribution in [2.24, 2.45) is 5.10 Å². The minimum absolute atomic E-state index is 0.134. The molecule has 0 spiro atoms. The minimum Gasteiger partial charge on any atom is -0.376 e. The molecule has 2 N–H and O–H groups in total. The van der Waals surface area contributed by atoms with Crippen LogP contribution in [0.25, 0.3) is 0 Å². The predicted molar refractivity (Wildman–Crippen MR) is 91.9 cm³/mol. The van der Waals surface area contributed by atoms with Crippen LogP contribution in [-0.2, 0) is 4.79 Å². The van der Waals surface area contributed by atoms with Crippen molar-refractivity contribution in [2.75, 3.05) is 11.9 Å². The van der Waals surface area contributed by atoms with Gasteiger partial charge in [0.1, 0.15) is 0 Å². The number of nitrogens with one attached hydrogen (secondary N) is 2. The first-order valence-electron chi connectivity index (χ1n) is 6.62. The lowest BCUT2D eigenvalue weighted by atomic mass is 10.2. The van der Waals surface area contributed by atoms with Crippen LogP contribution in [0, 0.1) is 6.92 Å². The third-order valence-electron chi connectivity index (χ3n) is 2.86. The van der Waals surface area contributed by atoms with Gasteiger partial charge in [0.15, 0.2) is 0 Å². The summed E-state index contributed by atoms with van der Waals surface area (Å²) in [6, 6.07) is 12.8. The number of carbonyl (C=O) groups excluding carboxylic acids is 1. The van der Waals surface area contributed by atoms with Gasteiger partial charge in [-0.1, -0.05) is 47.0 Å². The van der Waals surface area contributed by atoms with Crippen LogP contribution in [0.5, 0.6) is 0 Å². The number of carbonyl (C=O) groups is 1. The van der Waals surface area contributed by atoms with Crippen LogP contribution >= 0.6 is 23.2 Å². The summed E-state index contributed by atoms with van der Waals surface area (Å²) in [5.41, 5.74) is 5.16. The molecule has 0 saturated carbocycles. The monoisotopic (exact) mass is 335 g/mol. The zero-order chi connectivity index (χ0) is 15.9. The van der Waals surface area contributed by atoms with Crippen LogP contribution in [0.3, 0.4) is 0 Å². The molecular formula is C16H15Cl2N3O. The second-order valence-corrected chi connectivity index (χ2v) is 5.52. The predicted octanol–water partition coefficient (Wildman–Crippen LogP) is 3.86. The highest BCUT2D eigenvalue weighted by molar-refractivity contribution is 6.36. The van der Waals surface area contributed by atoms with Crippen LogP contribution in [0.1, 0.15) is 11.1 Å². The molecule has 0 bridgehead atoms. The number of nitrogens with zero attached hydrogens (tertiary/aromatic N) is 1. The number of hydrogen-bond acceptors (Lipinski definition) is 3. The first-order chi connectivity index (χ1) is 10.5. The van der Waals surface area contributed by atoms with Crippen LogP contribution in [0.4, 0.5) is 5.69 Å². The maximum absolute atomic E-state index is 11.7. The van der Waals surface area contributed by atoms with Gasteiger partial charge in [0.05, 0.1) is 17.8 Å². The van der Waals surface area contributed by atoms with E-state index in [0.717, 1.165) is 5.69 Å². The number of aryl methyl sites for hydroxylation is 1. The molecule has 0 fully saturated rings. The van der Waals surface area contributed by atoms with Gasteiger partial charge < -0.3 is 5.32 Å². The molecule has 1 amide bonds. The topological polar surface area (TPSA) is 53.5 Å². The Balaban J connectivity index is 1.82. The van der Waals surface area contributed by atoms with E-state index in [2.05, 4.69) is 15.8 Å². The van der Waals surface area contributed by atoms with Gasteiger partial charge in [0, 0.05) is 16.3 Å². The van der Waals surface area contributed by atoms with Crippen molar-refractivity contribution in [1.29, 1.82) is 0 Å². The van der Waals surface area contributed by atoms with Crippen molar-refractivity contribution in [2.45, 2.75) is 6.92 Å². The highest BCUT2D eigenvalue weighted by Gasteiger charge is 2.01. The molecule has 0 aromatic heterocycles. The Morgan fingerprint density at radius 1 is 1.18 bits per heavy atom. The van der Waals surface area contributed by atoms with E-state index in [0.29, 0.717) is 15.6 Å². The first-order valence-corrected chi connectivity index (χ1v) is 7.38. The molecule has 2 rings (SSSR count). The summed E-state index contributed by atoms with van der Waals surface area (Å²) < 4.78 is 0. The summed E-state index contributed by atoms with van der Waals surface area (Å²) >= 11 is 11.8. The molecule has 0 aliphatic heterocycles. The van der Waals surface area contributed by atoms with Crippen molar-refractivity contribution in [1.82, 2.24) is 5.43 Å². The third kappa shape index (κ3) is 5.06. The number of rotatable bonds is 5. The molecular weight excluding hydrogens is 321 g/mol. The van der Waals surface area contributed by atoms with E-state index < -0.39 is 0 Å². The Bertz CT molecular complexity index is 684. The summed E-state index contributed by atoms with van der Waals surface area (Å²) in [5, 5.41) is 7.90. The standard InChI is InChI=1S/C16H15Cl2N3O/c1-11-2-6-14(7-3-11)19-10-16(22)21-20-9-12-4-5-13(17)8-15(12)18/h2-9,19H,10H2,1H3,(H,21,22)/b20-9-. The number of amides is 1. The summed E-state index contributed by atoms with van der Waals surface area (Å²) in [6.45, 7) is 2.14. The Morgan fingerprint density at radius 2 is 1.91 bits per heavy atom. The molecule has 0 atom stereocenters. The lowest BCUT2D eigenvalue weighted by Gasteiger charge is -2.05. The number of halogens is 2. The summed E-state index contributed by atoms with van der Waals surface area (Å²) in [6.07, 6.45) is 1.47. The van der Waals surface area contributed by atoms with Gasteiger partial charge >= 0.3 is 0 Å². The van der Waals surface area contributed by atoms with Gasteiger partial charge in [0.2, 0.25) is 0 Å². The molecule has 2 aromatic rings. The lowest BCUT2D eigenvalue weighted by molar-refractivity contribution is -0.119. The molecule has 6 heteroatoms. The first kappa shape index (κ1) is 16.3. The maximum Gasteiger partial charge on any atom is 0.259 e. The maximum atomic E-state index is 11.7. The molecule has 0 aliphatic carbocycles. The Morgan fingerprint density at radius 3 is 2.59 bits per heavy atom. The molecule has 4 nitrogen and oxygen atoms in total. The van der Waals surface area contributed by atoms with Crippen molar-refractivity contribution < 1.29 is 4.79 Å². The second kappa shape index (κ2) is 7.82. The minimum atomic E-state index is -0.248. The zero-order valence-corrected chi connectivity index (χ0v) is 13.4. The van der Waals surface area contributed by atoms with Crippen molar-refractivity contribution in [3.8, 4) is 0 Å². The molecule has 0 radical (unpaired) electrons. The van der Waals surface area contributed by atoms with E-state index in [1.807, 2.05) is 31.2 Å². The fraction of sp³-hybridized carbons (Fsp3) is 0.125. The SMILES string of the molecule is Cc1ccc(NCC(=O)N/N=C\c2ccc(Cl)cc2Cl)cc1. The third-order valence-corrected chi connectivity index (χ3v) is 3.42. The van der Waals surface area contributed by atoms with Crippen LogP contribution in [0.2, 0.25) is 10.0 Å². The lowest BCUT2D eigenvalue weighted by Crippen LogP contribution is -2.25. The van der Waals surface area contributed by atoms with E-state index in [-0.39, 0.29) is 12.5 Å². The van der Waals surface area contributed by atoms with E-state index in [1.165, 1.54) is 11.8 Å². The molecule has 0 heterocycles. The van der Waals surface area contributed by atoms with E-state index in [9.17, 15) is 4.79 Å². The molecule has 2 aromatic carbocycles. The van der Waals surface area contributed by atoms with E-state index in [1.54, 1.807) is 18.2 Å². The van der Waals surface area contributed by atoms with Gasteiger partial charge in [-0.15, -0.1) is 0 Å². The number of hydrogen-bond donors (Lipinski definition) is 2. The van der Waals surface area contributed by atoms with E-state index >= 15 is 0 Å². The van der Waals surface area contributed by atoms with Gasteiger partial charge in [-0.05, 0) is 31.2 Å². The Labute approximate surface area is 139 Å². The fourth-order valence-electron chi connectivity index (χ4n) is 1.67. The van der Waals surface area contributed by atoms with Crippen molar-refractivity contribution >= 4 is 41.0 Å². The Kier molecular flexibility index (Phi) is 5.81. The van der Waals surface area contributed by atoms with Gasteiger partial charge in [-0.2, -0.15) is 5.10 Å². The summed E-state index contributed by atoms with van der Waals surface area (Å²) in [7, 11) is 0. The van der Waals surface area contributed by atoms with Crippen LogP contribution in [0.15, 0.2) is 47.6 Å². The average molecular weight is 336 g/mol. The van der Waals surface area contributed by atoms with E-state index in [4.69, 9.17) is 23.2 Å². The van der Waals surface area contributed by atoms with Gasteiger partial charge in [-0.3, -0.25) is 4.79 Å². The van der Waals surface area contributed by atoms with Gasteiger partial charge in [-0.25, -0.2) is 5.43 Å². The average Bonchev–Trinajstić information content (AvgIpc) is 2.49. The molecule has 0 saturated heterocycles. The quantitative estimate of drug-likeness (QED) is 0.643.